The van der Waals surface area contributed by atoms with Gasteiger partial charge in [0.1, 0.15) is 4.90 Å². The number of carbonyl (C=O) groups excluding carboxylic acids is 1. The van der Waals surface area contributed by atoms with Crippen molar-refractivity contribution < 1.29 is 17.6 Å². The van der Waals surface area contributed by atoms with Gasteiger partial charge in [-0.1, -0.05) is 0 Å². The topological polar surface area (TPSA) is 67.6 Å². The van der Waals surface area contributed by atoms with E-state index >= 15 is 0 Å². The van der Waals surface area contributed by atoms with E-state index < -0.39 is 9.05 Å². The van der Waals surface area contributed by atoms with Gasteiger partial charge in [-0.3, -0.25) is 4.79 Å². The van der Waals surface area contributed by atoms with Crippen molar-refractivity contribution in [2.24, 2.45) is 5.92 Å². The van der Waals surface area contributed by atoms with Crippen LogP contribution in [0.25, 0.3) is 0 Å². The number of halogens is 2. The number of amides is 1. The maximum atomic E-state index is 12.0. The van der Waals surface area contributed by atoms with E-state index in [2.05, 4.69) is 15.9 Å². The van der Waals surface area contributed by atoms with E-state index in [1.165, 1.54) is 4.90 Å². The van der Waals surface area contributed by atoms with E-state index in [1.807, 2.05) is 0 Å². The van der Waals surface area contributed by atoms with E-state index in [9.17, 15) is 13.2 Å². The first kappa shape index (κ1) is 13.9. The number of nitrogens with zero attached hydrogens (tertiary/aromatic N) is 1. The molecule has 100 valence electrons. The van der Waals surface area contributed by atoms with Crippen molar-refractivity contribution in [3.8, 4) is 0 Å². The van der Waals surface area contributed by atoms with Crippen LogP contribution < -0.4 is 0 Å². The summed E-state index contributed by atoms with van der Waals surface area (Å²) in [5.74, 6) is 0.159. The van der Waals surface area contributed by atoms with Crippen LogP contribution in [-0.2, 0) is 9.05 Å². The molecule has 0 aromatic carbocycles. The molecule has 0 radical (unpaired) electrons. The van der Waals surface area contributed by atoms with Crippen molar-refractivity contribution in [3.63, 3.8) is 0 Å². The summed E-state index contributed by atoms with van der Waals surface area (Å²) in [5.41, 5.74) is 0. The normalized spacial score (nSPS) is 15.7. The SMILES string of the molecule is CN(CC1CC1)C(=O)c1cc(S(=O)(=O)Cl)c(Br)o1. The molecule has 1 aromatic heterocycles. The first-order valence-corrected chi connectivity index (χ1v) is 8.38. The highest BCUT2D eigenvalue weighted by Crippen LogP contribution is 2.31. The quantitative estimate of drug-likeness (QED) is 0.777. The van der Waals surface area contributed by atoms with E-state index in [4.69, 9.17) is 15.1 Å². The van der Waals surface area contributed by atoms with Gasteiger partial charge >= 0.3 is 0 Å². The number of rotatable bonds is 4. The molecule has 1 aliphatic rings. The molecule has 1 fully saturated rings. The van der Waals surface area contributed by atoms with Crippen LogP contribution in [0.2, 0.25) is 0 Å². The highest BCUT2D eigenvalue weighted by atomic mass is 79.9. The lowest BCUT2D eigenvalue weighted by atomic mass is 10.3. The molecular formula is C10H11BrClNO4S. The molecule has 2 rings (SSSR count). The zero-order valence-electron chi connectivity index (χ0n) is 9.52. The lowest BCUT2D eigenvalue weighted by Gasteiger charge is -2.14. The minimum absolute atomic E-state index is 0.0377. The van der Waals surface area contributed by atoms with Crippen molar-refractivity contribution in [1.82, 2.24) is 4.90 Å². The Bertz CT molecular complexity index is 579. The Labute approximate surface area is 118 Å². The van der Waals surface area contributed by atoms with Gasteiger partial charge in [-0.25, -0.2) is 8.42 Å². The third-order valence-corrected chi connectivity index (χ3v) is 4.88. The highest BCUT2D eigenvalue weighted by Gasteiger charge is 2.28. The van der Waals surface area contributed by atoms with Gasteiger partial charge in [0, 0.05) is 30.3 Å². The van der Waals surface area contributed by atoms with Crippen molar-refractivity contribution in [1.29, 1.82) is 0 Å². The summed E-state index contributed by atoms with van der Waals surface area (Å²) in [7, 11) is 2.95. The third-order valence-electron chi connectivity index (χ3n) is 2.70. The fourth-order valence-electron chi connectivity index (χ4n) is 1.58. The molecule has 0 unspecified atom stereocenters. The van der Waals surface area contributed by atoms with Crippen molar-refractivity contribution in [3.05, 3.63) is 16.5 Å². The highest BCUT2D eigenvalue weighted by molar-refractivity contribution is 9.10. The predicted molar refractivity (Wildman–Crippen MR) is 69.1 cm³/mol. The molecule has 0 spiro atoms. The number of hydrogen-bond acceptors (Lipinski definition) is 4. The summed E-state index contributed by atoms with van der Waals surface area (Å²) in [6.07, 6.45) is 2.25. The summed E-state index contributed by atoms with van der Waals surface area (Å²) in [6, 6.07) is 1.14. The van der Waals surface area contributed by atoms with E-state index in [0.717, 1.165) is 18.9 Å². The molecule has 0 aliphatic heterocycles. The second kappa shape index (κ2) is 4.86. The van der Waals surface area contributed by atoms with Crippen LogP contribution in [0.5, 0.6) is 0 Å². The lowest BCUT2D eigenvalue weighted by Crippen LogP contribution is -2.28. The zero-order chi connectivity index (χ0) is 13.5. The van der Waals surface area contributed by atoms with E-state index in [0.29, 0.717) is 12.5 Å². The fourth-order valence-corrected chi connectivity index (χ4v) is 3.62. The van der Waals surface area contributed by atoms with Gasteiger partial charge < -0.3 is 9.32 Å². The Hall–Kier alpha value is -0.530. The first-order chi connectivity index (χ1) is 8.29. The molecular weight excluding hydrogens is 346 g/mol. The molecule has 1 aliphatic carbocycles. The predicted octanol–water partition coefficient (Wildman–Crippen LogP) is 2.45. The van der Waals surface area contributed by atoms with Gasteiger partial charge in [0.25, 0.3) is 15.0 Å². The van der Waals surface area contributed by atoms with Crippen LogP contribution in [0.4, 0.5) is 0 Å². The Balaban J connectivity index is 2.20. The Morgan fingerprint density at radius 2 is 2.22 bits per heavy atom. The number of carbonyl (C=O) groups is 1. The smallest absolute Gasteiger partial charge is 0.289 e. The molecule has 8 heteroatoms. The monoisotopic (exact) mass is 355 g/mol. The fraction of sp³-hybridized carbons (Fsp3) is 0.500. The van der Waals surface area contributed by atoms with Crippen LogP contribution >= 0.6 is 26.6 Å². The maximum absolute atomic E-state index is 12.0. The Morgan fingerprint density at radius 1 is 1.61 bits per heavy atom. The Kier molecular flexibility index (Phi) is 3.75. The molecule has 18 heavy (non-hydrogen) atoms. The molecule has 0 atom stereocenters. The second-order valence-electron chi connectivity index (χ2n) is 4.32. The summed E-state index contributed by atoms with van der Waals surface area (Å²) < 4.78 is 27.4. The molecule has 1 heterocycles. The molecule has 0 N–H and O–H groups in total. The van der Waals surface area contributed by atoms with Crippen molar-refractivity contribution in [2.75, 3.05) is 13.6 Å². The number of furan rings is 1. The summed E-state index contributed by atoms with van der Waals surface area (Å²) in [4.78, 5) is 13.3. The molecule has 1 aromatic rings. The van der Waals surface area contributed by atoms with Gasteiger partial charge in [0.15, 0.2) is 10.4 Å². The van der Waals surface area contributed by atoms with E-state index in [-0.39, 0.29) is 21.2 Å². The summed E-state index contributed by atoms with van der Waals surface area (Å²) in [5, 5.41) is 0. The summed E-state index contributed by atoms with van der Waals surface area (Å²) in [6.45, 7) is 0.653. The van der Waals surface area contributed by atoms with Crippen LogP contribution in [0.1, 0.15) is 23.4 Å². The maximum Gasteiger partial charge on any atom is 0.289 e. The standard InChI is InChI=1S/C10H11BrClNO4S/c1-13(5-6-2-3-6)10(14)7-4-8(9(11)17-7)18(12,15)16/h4,6H,2-3,5H2,1H3. The largest absolute Gasteiger partial charge is 0.443 e. The molecule has 0 saturated heterocycles. The summed E-state index contributed by atoms with van der Waals surface area (Å²) >= 11 is 2.93. The average molecular weight is 357 g/mol. The van der Waals surface area contributed by atoms with Gasteiger partial charge in [-0.15, -0.1) is 0 Å². The van der Waals surface area contributed by atoms with Crippen molar-refractivity contribution in [2.45, 2.75) is 17.7 Å². The Morgan fingerprint density at radius 3 is 2.67 bits per heavy atom. The number of hydrogen-bond donors (Lipinski definition) is 0. The van der Waals surface area contributed by atoms with Gasteiger partial charge in [0.05, 0.1) is 0 Å². The third kappa shape index (κ3) is 3.07. The average Bonchev–Trinajstić information content (AvgIpc) is 2.96. The zero-order valence-corrected chi connectivity index (χ0v) is 12.7. The molecule has 1 amide bonds. The minimum Gasteiger partial charge on any atom is -0.443 e. The minimum atomic E-state index is -3.92. The lowest BCUT2D eigenvalue weighted by molar-refractivity contribution is 0.0756. The van der Waals surface area contributed by atoms with Gasteiger partial charge in [0.2, 0.25) is 0 Å². The van der Waals surface area contributed by atoms with E-state index in [1.54, 1.807) is 7.05 Å². The van der Waals surface area contributed by atoms with Crippen LogP contribution in [0.15, 0.2) is 20.0 Å². The van der Waals surface area contributed by atoms with Crippen molar-refractivity contribution >= 4 is 41.6 Å². The molecule has 5 nitrogen and oxygen atoms in total. The van der Waals surface area contributed by atoms with Crippen LogP contribution in [-0.4, -0.2) is 32.8 Å². The first-order valence-electron chi connectivity index (χ1n) is 5.28. The van der Waals surface area contributed by atoms with Crippen LogP contribution in [0, 0.1) is 5.92 Å². The molecule has 1 saturated carbocycles. The van der Waals surface area contributed by atoms with Gasteiger partial charge in [-0.05, 0) is 34.7 Å². The van der Waals surface area contributed by atoms with Gasteiger partial charge in [-0.2, -0.15) is 0 Å². The van der Waals surface area contributed by atoms with Crippen LogP contribution in [0.3, 0.4) is 0 Å². The second-order valence-corrected chi connectivity index (χ2v) is 7.57. The molecule has 0 bridgehead atoms.